The molecule has 0 spiro atoms. The summed E-state index contributed by atoms with van der Waals surface area (Å²) < 4.78 is 0. The predicted octanol–water partition coefficient (Wildman–Crippen LogP) is -0.0632. The number of anilines is 1. The van der Waals surface area contributed by atoms with Crippen LogP contribution in [0, 0.1) is 0 Å². The topological polar surface area (TPSA) is 111 Å². The van der Waals surface area contributed by atoms with Crippen LogP contribution >= 0.6 is 0 Å². The maximum atomic E-state index is 11.7. The molecule has 7 heteroatoms. The van der Waals surface area contributed by atoms with E-state index in [1.54, 1.807) is 24.3 Å². The number of hydrogen-bond acceptors (Lipinski definition) is 5. The van der Waals surface area contributed by atoms with Gasteiger partial charge in [0.15, 0.2) is 0 Å². The van der Waals surface area contributed by atoms with E-state index in [-0.39, 0.29) is 12.8 Å². The Morgan fingerprint density at radius 3 is 2.58 bits per heavy atom. The number of carbonyl (C=O) groups excluding carboxylic acids is 3. The Bertz CT molecular complexity index is 436. The third-order valence-electron chi connectivity index (χ3n) is 2.28. The van der Waals surface area contributed by atoms with Crippen LogP contribution in [-0.4, -0.2) is 24.3 Å². The normalized spacial score (nSPS) is 11.2. The first-order valence-electron chi connectivity index (χ1n) is 5.63. The standard InChI is InChI=1S/C12H15N3O4/c13-11(17)7-6-10(14-8-16)12(18)19-15-9-4-2-1-3-5-9/h1-5,8,10,15H,6-7H2,(H2,13,17)(H,14,16)/t10-/m0/s1. The molecular weight excluding hydrogens is 250 g/mol. The third-order valence-corrected chi connectivity index (χ3v) is 2.28. The summed E-state index contributed by atoms with van der Waals surface area (Å²) in [5, 5.41) is 2.27. The summed E-state index contributed by atoms with van der Waals surface area (Å²) in [6, 6.07) is 7.85. The van der Waals surface area contributed by atoms with Crippen molar-refractivity contribution in [3.63, 3.8) is 0 Å². The molecule has 0 unspecified atom stereocenters. The first kappa shape index (κ1) is 14.5. The summed E-state index contributed by atoms with van der Waals surface area (Å²) in [5.74, 6) is -1.25. The zero-order valence-electron chi connectivity index (χ0n) is 10.2. The number of nitrogens with two attached hydrogens (primary N) is 1. The van der Waals surface area contributed by atoms with E-state index >= 15 is 0 Å². The molecule has 0 aromatic heterocycles. The molecule has 1 atom stereocenters. The predicted molar refractivity (Wildman–Crippen MR) is 67.6 cm³/mol. The van der Waals surface area contributed by atoms with E-state index in [1.807, 2.05) is 6.07 Å². The SMILES string of the molecule is NC(=O)CC[C@H](NC=O)C(=O)ONc1ccccc1. The molecule has 7 nitrogen and oxygen atoms in total. The van der Waals surface area contributed by atoms with Crippen LogP contribution in [0.5, 0.6) is 0 Å². The van der Waals surface area contributed by atoms with Crippen molar-refractivity contribution < 1.29 is 19.2 Å². The lowest BCUT2D eigenvalue weighted by atomic mass is 10.1. The molecule has 0 saturated heterocycles. The van der Waals surface area contributed by atoms with E-state index in [0.717, 1.165) is 0 Å². The first-order chi connectivity index (χ1) is 9.13. The Morgan fingerprint density at radius 2 is 2.00 bits per heavy atom. The number of para-hydroxylation sites is 1. The van der Waals surface area contributed by atoms with Crippen LogP contribution in [-0.2, 0) is 19.2 Å². The maximum Gasteiger partial charge on any atom is 0.354 e. The van der Waals surface area contributed by atoms with Crippen molar-refractivity contribution >= 4 is 24.0 Å². The van der Waals surface area contributed by atoms with Gasteiger partial charge >= 0.3 is 5.97 Å². The minimum absolute atomic E-state index is 0.0219. The molecule has 4 N–H and O–H groups in total. The lowest BCUT2D eigenvalue weighted by Gasteiger charge is -2.14. The molecule has 0 aliphatic rings. The van der Waals surface area contributed by atoms with Crippen LogP contribution in [0.1, 0.15) is 12.8 Å². The van der Waals surface area contributed by atoms with Gasteiger partial charge in [-0.3, -0.25) is 9.59 Å². The van der Waals surface area contributed by atoms with Crippen molar-refractivity contribution in [2.24, 2.45) is 5.73 Å². The molecule has 1 rings (SSSR count). The summed E-state index contributed by atoms with van der Waals surface area (Å²) in [5.41, 5.74) is 8.02. The largest absolute Gasteiger partial charge is 0.370 e. The smallest absolute Gasteiger partial charge is 0.354 e. The molecule has 0 radical (unpaired) electrons. The Kier molecular flexibility index (Phi) is 5.87. The molecule has 2 amide bonds. The van der Waals surface area contributed by atoms with Crippen LogP contribution < -0.4 is 16.5 Å². The van der Waals surface area contributed by atoms with Crippen molar-refractivity contribution in [3.05, 3.63) is 30.3 Å². The van der Waals surface area contributed by atoms with Crippen molar-refractivity contribution in [3.8, 4) is 0 Å². The second-order valence-electron chi connectivity index (χ2n) is 3.73. The summed E-state index contributed by atoms with van der Waals surface area (Å²) in [4.78, 5) is 37.5. The van der Waals surface area contributed by atoms with Crippen LogP contribution in [0.15, 0.2) is 30.3 Å². The number of hydrogen-bond donors (Lipinski definition) is 3. The molecule has 0 heterocycles. The van der Waals surface area contributed by atoms with Gasteiger partial charge in [0.2, 0.25) is 12.3 Å². The lowest BCUT2D eigenvalue weighted by Crippen LogP contribution is -2.39. The number of primary amides is 1. The molecule has 0 bridgehead atoms. The zero-order chi connectivity index (χ0) is 14.1. The van der Waals surface area contributed by atoms with Crippen LogP contribution in [0.25, 0.3) is 0 Å². The second-order valence-corrected chi connectivity index (χ2v) is 3.73. The fourth-order valence-corrected chi connectivity index (χ4v) is 1.32. The van der Waals surface area contributed by atoms with Crippen molar-refractivity contribution in [2.45, 2.75) is 18.9 Å². The second kappa shape index (κ2) is 7.70. The van der Waals surface area contributed by atoms with Gasteiger partial charge in [-0.25, -0.2) is 10.3 Å². The van der Waals surface area contributed by atoms with Gasteiger partial charge in [-0.2, -0.15) is 0 Å². The highest BCUT2D eigenvalue weighted by atomic mass is 16.7. The molecule has 0 aliphatic carbocycles. The molecule has 1 aromatic carbocycles. The van der Waals surface area contributed by atoms with E-state index in [0.29, 0.717) is 12.1 Å². The average Bonchev–Trinajstić information content (AvgIpc) is 2.41. The number of amides is 2. The third kappa shape index (κ3) is 5.53. The average molecular weight is 265 g/mol. The van der Waals surface area contributed by atoms with Gasteiger partial charge in [0.05, 0.1) is 5.69 Å². The van der Waals surface area contributed by atoms with Crippen LogP contribution in [0.3, 0.4) is 0 Å². The Morgan fingerprint density at radius 1 is 1.32 bits per heavy atom. The fraction of sp³-hybridized carbons (Fsp3) is 0.250. The van der Waals surface area contributed by atoms with Gasteiger partial charge in [0.25, 0.3) is 0 Å². The van der Waals surface area contributed by atoms with Gasteiger partial charge < -0.3 is 15.9 Å². The van der Waals surface area contributed by atoms with Gasteiger partial charge in [-0.05, 0) is 18.6 Å². The highest BCUT2D eigenvalue weighted by Crippen LogP contribution is 2.06. The van der Waals surface area contributed by atoms with E-state index in [2.05, 4.69) is 10.8 Å². The molecule has 0 aliphatic heterocycles. The highest BCUT2D eigenvalue weighted by molar-refractivity contribution is 5.80. The van der Waals surface area contributed by atoms with E-state index in [1.165, 1.54) is 0 Å². The monoisotopic (exact) mass is 265 g/mol. The Hall–Kier alpha value is -2.57. The number of benzene rings is 1. The number of carbonyl (C=O) groups is 3. The number of rotatable bonds is 8. The minimum atomic E-state index is -0.916. The molecule has 102 valence electrons. The summed E-state index contributed by atoms with van der Waals surface area (Å²) in [6.07, 6.45) is 0.435. The summed E-state index contributed by atoms with van der Waals surface area (Å²) >= 11 is 0. The fourth-order valence-electron chi connectivity index (χ4n) is 1.32. The summed E-state index contributed by atoms with van der Waals surface area (Å²) in [7, 11) is 0. The van der Waals surface area contributed by atoms with Crippen LogP contribution in [0.4, 0.5) is 5.69 Å². The van der Waals surface area contributed by atoms with Crippen molar-refractivity contribution in [2.75, 3.05) is 5.48 Å². The lowest BCUT2D eigenvalue weighted by molar-refractivity contribution is -0.144. The van der Waals surface area contributed by atoms with E-state index in [4.69, 9.17) is 10.6 Å². The minimum Gasteiger partial charge on any atom is -0.370 e. The summed E-state index contributed by atoms with van der Waals surface area (Å²) in [6.45, 7) is 0. The molecule has 19 heavy (non-hydrogen) atoms. The first-order valence-corrected chi connectivity index (χ1v) is 5.63. The van der Waals surface area contributed by atoms with Gasteiger partial charge in [-0.1, -0.05) is 18.2 Å². The quantitative estimate of drug-likeness (QED) is 0.450. The zero-order valence-corrected chi connectivity index (χ0v) is 10.2. The van der Waals surface area contributed by atoms with E-state index < -0.39 is 17.9 Å². The Balaban J connectivity index is 2.47. The molecule has 1 aromatic rings. The van der Waals surface area contributed by atoms with E-state index in [9.17, 15) is 14.4 Å². The molecular formula is C12H15N3O4. The van der Waals surface area contributed by atoms with Gasteiger partial charge in [0, 0.05) is 6.42 Å². The highest BCUT2D eigenvalue weighted by Gasteiger charge is 2.20. The Labute approximate surface area is 110 Å². The van der Waals surface area contributed by atoms with Crippen molar-refractivity contribution in [1.29, 1.82) is 0 Å². The van der Waals surface area contributed by atoms with Crippen LogP contribution in [0.2, 0.25) is 0 Å². The molecule has 0 fully saturated rings. The van der Waals surface area contributed by atoms with Gasteiger partial charge in [0.1, 0.15) is 6.04 Å². The van der Waals surface area contributed by atoms with Gasteiger partial charge in [-0.15, -0.1) is 0 Å². The maximum absolute atomic E-state index is 11.7. The number of nitrogens with one attached hydrogen (secondary N) is 2. The van der Waals surface area contributed by atoms with Crippen molar-refractivity contribution in [1.82, 2.24) is 5.32 Å². The molecule has 0 saturated carbocycles.